The molecule has 0 fully saturated rings. The van der Waals surface area contributed by atoms with Crippen LogP contribution in [0, 0.1) is 6.92 Å². The van der Waals surface area contributed by atoms with Crippen LogP contribution in [0.4, 0.5) is 0 Å². The first-order chi connectivity index (χ1) is 12.2. The number of aromatic hydroxyl groups is 1. The molecule has 0 aliphatic carbocycles. The van der Waals surface area contributed by atoms with E-state index in [4.69, 9.17) is 16.3 Å². The van der Waals surface area contributed by atoms with Crippen LogP contribution in [-0.2, 0) is 23.4 Å². The summed E-state index contributed by atoms with van der Waals surface area (Å²) >= 11 is 5.98. The molecular formula is C18H20ClN3O4. The molecule has 0 bridgehead atoms. The maximum absolute atomic E-state index is 12.5. The molecule has 26 heavy (non-hydrogen) atoms. The lowest BCUT2D eigenvalue weighted by Gasteiger charge is -2.32. The second-order valence-corrected chi connectivity index (χ2v) is 7.14. The highest BCUT2D eigenvalue weighted by Gasteiger charge is 2.34. The number of amides is 1. The van der Waals surface area contributed by atoms with Crippen molar-refractivity contribution < 1.29 is 14.6 Å². The number of aromatic nitrogens is 2. The number of carbonyl (C=O) groups excluding carboxylic acids is 1. The van der Waals surface area contributed by atoms with Crippen LogP contribution in [0.3, 0.4) is 0 Å². The molecule has 1 aliphatic rings. The Kier molecular flexibility index (Phi) is 4.77. The number of aryl methyl sites for hydroxylation is 1. The molecule has 2 aromatic rings. The van der Waals surface area contributed by atoms with E-state index in [1.165, 1.54) is 4.57 Å². The first-order valence-electron chi connectivity index (χ1n) is 8.22. The first-order valence-corrected chi connectivity index (χ1v) is 8.60. The van der Waals surface area contributed by atoms with Crippen LogP contribution in [0.15, 0.2) is 23.0 Å². The van der Waals surface area contributed by atoms with E-state index in [9.17, 15) is 14.7 Å². The number of halogens is 1. The second-order valence-electron chi connectivity index (χ2n) is 6.70. The van der Waals surface area contributed by atoms with Crippen molar-refractivity contribution in [3.63, 3.8) is 0 Å². The van der Waals surface area contributed by atoms with Crippen LogP contribution >= 0.6 is 11.6 Å². The number of hydrogen-bond acceptors (Lipinski definition) is 5. The Morgan fingerprint density at radius 1 is 1.46 bits per heavy atom. The van der Waals surface area contributed by atoms with Gasteiger partial charge in [0.15, 0.2) is 5.69 Å². The summed E-state index contributed by atoms with van der Waals surface area (Å²) in [5, 5.41) is 13.4. The zero-order valence-electron chi connectivity index (χ0n) is 14.8. The van der Waals surface area contributed by atoms with Gasteiger partial charge in [0.25, 0.3) is 11.5 Å². The van der Waals surface area contributed by atoms with Crippen LogP contribution in [0.1, 0.15) is 41.3 Å². The molecule has 0 spiro atoms. The monoisotopic (exact) mass is 377 g/mol. The number of carbonyl (C=O) groups is 1. The van der Waals surface area contributed by atoms with E-state index in [0.717, 1.165) is 11.1 Å². The van der Waals surface area contributed by atoms with Crippen molar-refractivity contribution in [1.29, 1.82) is 0 Å². The molecule has 0 saturated carbocycles. The molecule has 0 atom stereocenters. The Bertz CT molecular complexity index is 937. The fourth-order valence-corrected chi connectivity index (χ4v) is 3.11. The van der Waals surface area contributed by atoms with E-state index in [1.807, 2.05) is 13.0 Å². The summed E-state index contributed by atoms with van der Waals surface area (Å²) in [7, 11) is 0. The lowest BCUT2D eigenvalue weighted by atomic mass is 10.1. The molecule has 0 radical (unpaired) electrons. The van der Waals surface area contributed by atoms with Gasteiger partial charge in [0.05, 0.1) is 13.2 Å². The summed E-state index contributed by atoms with van der Waals surface area (Å²) in [5.41, 5.74) is 0.0227. The maximum atomic E-state index is 12.5. The molecule has 1 aromatic heterocycles. The molecule has 7 nitrogen and oxygen atoms in total. The number of nitrogens with one attached hydrogen (secondary N) is 1. The van der Waals surface area contributed by atoms with Gasteiger partial charge in [-0.2, -0.15) is 0 Å². The third-order valence-electron chi connectivity index (χ3n) is 4.43. The van der Waals surface area contributed by atoms with Crippen molar-refractivity contribution in [1.82, 2.24) is 14.9 Å². The zero-order chi connectivity index (χ0) is 19.1. The van der Waals surface area contributed by atoms with Crippen molar-refractivity contribution >= 4 is 17.5 Å². The average molecular weight is 378 g/mol. The van der Waals surface area contributed by atoms with Crippen LogP contribution in [-0.4, -0.2) is 27.2 Å². The van der Waals surface area contributed by atoms with Crippen molar-refractivity contribution in [3.05, 3.63) is 56.2 Å². The number of ether oxygens (including phenoxy) is 1. The van der Waals surface area contributed by atoms with Gasteiger partial charge in [0.2, 0.25) is 5.75 Å². The summed E-state index contributed by atoms with van der Waals surface area (Å²) in [4.78, 5) is 29.2. The van der Waals surface area contributed by atoms with E-state index in [0.29, 0.717) is 17.5 Å². The minimum atomic E-state index is -0.830. The normalized spacial score (nSPS) is 15.4. The van der Waals surface area contributed by atoms with Crippen molar-refractivity contribution in [3.8, 4) is 5.75 Å². The summed E-state index contributed by atoms with van der Waals surface area (Å²) < 4.78 is 6.97. The van der Waals surface area contributed by atoms with Crippen molar-refractivity contribution in [2.24, 2.45) is 0 Å². The molecule has 0 unspecified atom stereocenters. The Morgan fingerprint density at radius 3 is 2.92 bits per heavy atom. The number of nitrogens with zero attached hydrogens (tertiary/aromatic N) is 2. The average Bonchev–Trinajstić information content (AvgIpc) is 2.58. The van der Waals surface area contributed by atoms with E-state index in [-0.39, 0.29) is 18.8 Å². The van der Waals surface area contributed by atoms with Crippen LogP contribution in [0.25, 0.3) is 0 Å². The standard InChI is InChI=1S/C18H20ClN3O4/c1-10-4-5-12(19)8-11(10)9-20-15(24)13-14(23)16(25)22-6-7-26-18(2,3)17(22)21-13/h4-5,8,23H,6-7,9H2,1-3H3,(H,20,24). The first kappa shape index (κ1) is 18.4. The number of rotatable bonds is 3. The van der Waals surface area contributed by atoms with Gasteiger partial charge < -0.3 is 15.2 Å². The minimum absolute atomic E-state index is 0.199. The quantitative estimate of drug-likeness (QED) is 0.854. The van der Waals surface area contributed by atoms with Crippen LogP contribution in [0.5, 0.6) is 5.75 Å². The van der Waals surface area contributed by atoms with Gasteiger partial charge in [0.1, 0.15) is 11.4 Å². The van der Waals surface area contributed by atoms with Gasteiger partial charge in [0, 0.05) is 11.6 Å². The van der Waals surface area contributed by atoms with E-state index in [1.54, 1.807) is 26.0 Å². The molecule has 3 rings (SSSR count). The highest BCUT2D eigenvalue weighted by atomic mass is 35.5. The molecule has 138 valence electrons. The highest BCUT2D eigenvalue weighted by molar-refractivity contribution is 6.30. The van der Waals surface area contributed by atoms with Gasteiger partial charge in [-0.1, -0.05) is 17.7 Å². The lowest BCUT2D eigenvalue weighted by molar-refractivity contribution is -0.0566. The van der Waals surface area contributed by atoms with Gasteiger partial charge in [-0.15, -0.1) is 0 Å². The third-order valence-corrected chi connectivity index (χ3v) is 4.66. The van der Waals surface area contributed by atoms with E-state index >= 15 is 0 Å². The molecule has 1 aromatic carbocycles. The lowest BCUT2D eigenvalue weighted by Crippen LogP contribution is -2.42. The van der Waals surface area contributed by atoms with Gasteiger partial charge in [-0.3, -0.25) is 14.2 Å². The smallest absolute Gasteiger partial charge is 0.296 e. The Morgan fingerprint density at radius 2 is 2.19 bits per heavy atom. The molecule has 2 N–H and O–H groups in total. The van der Waals surface area contributed by atoms with Gasteiger partial charge >= 0.3 is 0 Å². The van der Waals surface area contributed by atoms with Crippen LogP contribution in [0.2, 0.25) is 5.02 Å². The Labute approximate surface area is 155 Å². The van der Waals surface area contributed by atoms with Gasteiger partial charge in [-0.05, 0) is 44.0 Å². The Hall–Kier alpha value is -2.38. The second kappa shape index (κ2) is 6.74. The maximum Gasteiger partial charge on any atom is 0.296 e. The summed E-state index contributed by atoms with van der Waals surface area (Å²) in [6.07, 6.45) is 0. The van der Waals surface area contributed by atoms with Crippen molar-refractivity contribution in [2.45, 2.75) is 39.5 Å². The highest BCUT2D eigenvalue weighted by Crippen LogP contribution is 2.27. The Balaban J connectivity index is 1.91. The fourth-order valence-electron chi connectivity index (χ4n) is 2.92. The summed E-state index contributed by atoms with van der Waals surface area (Å²) in [6, 6.07) is 5.37. The third kappa shape index (κ3) is 3.32. The summed E-state index contributed by atoms with van der Waals surface area (Å²) in [5.74, 6) is -0.980. The fraction of sp³-hybridized carbons (Fsp3) is 0.389. The van der Waals surface area contributed by atoms with Crippen LogP contribution < -0.4 is 10.9 Å². The SMILES string of the molecule is Cc1ccc(Cl)cc1CNC(=O)c1nc2n(c(=O)c1O)CCOC2(C)C. The van der Waals surface area contributed by atoms with E-state index < -0.39 is 22.8 Å². The number of hydrogen-bond donors (Lipinski definition) is 2. The van der Waals surface area contributed by atoms with Gasteiger partial charge in [-0.25, -0.2) is 4.98 Å². The largest absolute Gasteiger partial charge is 0.501 e. The molecule has 2 heterocycles. The topological polar surface area (TPSA) is 93.5 Å². The van der Waals surface area contributed by atoms with Crippen molar-refractivity contribution in [2.75, 3.05) is 6.61 Å². The predicted molar refractivity (Wildman–Crippen MR) is 96.5 cm³/mol. The molecular weight excluding hydrogens is 358 g/mol. The predicted octanol–water partition coefficient (Wildman–Crippen LogP) is 2.11. The number of fused-ring (bicyclic) bond motifs is 1. The molecule has 1 amide bonds. The summed E-state index contributed by atoms with van der Waals surface area (Å²) in [6.45, 7) is 6.24. The zero-order valence-corrected chi connectivity index (χ0v) is 15.6. The van der Waals surface area contributed by atoms with E-state index in [2.05, 4.69) is 10.3 Å². The minimum Gasteiger partial charge on any atom is -0.501 e. The number of benzene rings is 1. The molecule has 0 saturated heterocycles. The molecule has 8 heteroatoms. The molecule has 1 aliphatic heterocycles.